The van der Waals surface area contributed by atoms with E-state index >= 15 is 0 Å². The molecule has 0 amide bonds. The maximum atomic E-state index is 12.8. The van der Waals surface area contributed by atoms with Crippen molar-refractivity contribution in [3.63, 3.8) is 0 Å². The van der Waals surface area contributed by atoms with E-state index in [-0.39, 0.29) is 5.75 Å². The van der Waals surface area contributed by atoms with Crippen LogP contribution in [0.1, 0.15) is 11.1 Å². The van der Waals surface area contributed by atoms with Crippen molar-refractivity contribution in [3.8, 4) is 0 Å². The van der Waals surface area contributed by atoms with Crippen LogP contribution in [-0.4, -0.2) is 29.8 Å². The van der Waals surface area contributed by atoms with Gasteiger partial charge in [-0.25, -0.2) is 0 Å². The van der Waals surface area contributed by atoms with E-state index in [4.69, 9.17) is 0 Å². The van der Waals surface area contributed by atoms with E-state index < -0.39 is 23.5 Å². The molecule has 0 saturated heterocycles. The Labute approximate surface area is 120 Å². The minimum atomic E-state index is -5.86. The Bertz CT molecular complexity index is 513. The third kappa shape index (κ3) is 2.80. The van der Waals surface area contributed by atoms with Gasteiger partial charge in [-0.05, 0) is 17.7 Å². The number of rotatable bonds is 1. The maximum Gasteiger partial charge on any atom is 0.430 e. The van der Waals surface area contributed by atoms with Crippen molar-refractivity contribution in [1.29, 1.82) is 0 Å². The van der Waals surface area contributed by atoms with E-state index in [1.165, 1.54) is 11.8 Å². The summed E-state index contributed by atoms with van der Waals surface area (Å²) in [7, 11) is 0. The highest BCUT2D eigenvalue weighted by atomic mass is 32.2. The van der Waals surface area contributed by atoms with Crippen LogP contribution in [0.5, 0.6) is 0 Å². The van der Waals surface area contributed by atoms with Crippen LogP contribution < -0.4 is 5.32 Å². The number of thioether (sulfide) groups is 1. The van der Waals surface area contributed by atoms with Crippen molar-refractivity contribution in [1.82, 2.24) is 0 Å². The zero-order chi connectivity index (χ0) is 15.9. The normalized spacial score (nSPS) is 16.9. The largest absolute Gasteiger partial charge is 0.430 e. The summed E-state index contributed by atoms with van der Waals surface area (Å²) in [6.07, 6.45) is -11.7. The molecule has 0 fully saturated rings. The van der Waals surface area contributed by atoms with E-state index in [1.807, 2.05) is 0 Å². The summed E-state index contributed by atoms with van der Waals surface area (Å²) < 4.78 is 76.8. The fourth-order valence-corrected chi connectivity index (χ4v) is 2.89. The molecule has 1 aliphatic heterocycles. The molecular formula is C12H11F6NOS. The van der Waals surface area contributed by atoms with Crippen LogP contribution in [0.2, 0.25) is 0 Å². The van der Waals surface area contributed by atoms with E-state index in [9.17, 15) is 31.4 Å². The van der Waals surface area contributed by atoms with Gasteiger partial charge in [0.15, 0.2) is 0 Å². The van der Waals surface area contributed by atoms with Crippen molar-refractivity contribution in [2.24, 2.45) is 0 Å². The molecule has 0 spiro atoms. The average molecular weight is 331 g/mol. The fraction of sp³-hybridized carbons (Fsp3) is 0.500. The van der Waals surface area contributed by atoms with Crippen LogP contribution in [0.15, 0.2) is 18.2 Å². The SMILES string of the molecule is OC(c1ccc2c(c1)CSCCN2)(C(F)(F)F)C(F)(F)F. The summed E-state index contributed by atoms with van der Waals surface area (Å²) in [4.78, 5) is 0. The smallest absolute Gasteiger partial charge is 0.384 e. The first-order chi connectivity index (χ1) is 9.57. The number of hydrogen-bond acceptors (Lipinski definition) is 3. The molecule has 0 atom stereocenters. The molecule has 2 nitrogen and oxygen atoms in total. The Hall–Kier alpha value is -1.09. The molecule has 21 heavy (non-hydrogen) atoms. The minimum Gasteiger partial charge on any atom is -0.384 e. The highest BCUT2D eigenvalue weighted by Crippen LogP contribution is 2.50. The number of hydrogen-bond donors (Lipinski definition) is 2. The van der Waals surface area contributed by atoms with Gasteiger partial charge < -0.3 is 10.4 Å². The predicted molar refractivity (Wildman–Crippen MR) is 67.1 cm³/mol. The van der Waals surface area contributed by atoms with Gasteiger partial charge in [0.2, 0.25) is 0 Å². The molecule has 118 valence electrons. The molecule has 2 N–H and O–H groups in total. The molecule has 0 aromatic heterocycles. The number of alkyl halides is 6. The fourth-order valence-electron chi connectivity index (χ4n) is 2.04. The average Bonchev–Trinajstić information content (AvgIpc) is 2.59. The van der Waals surface area contributed by atoms with Crippen LogP contribution in [0.4, 0.5) is 32.0 Å². The first-order valence-corrected chi connectivity index (χ1v) is 7.03. The molecule has 9 heteroatoms. The van der Waals surface area contributed by atoms with Crippen LogP contribution in [0.25, 0.3) is 0 Å². The van der Waals surface area contributed by atoms with Gasteiger partial charge in [-0.2, -0.15) is 38.1 Å². The third-order valence-electron chi connectivity index (χ3n) is 3.16. The molecule has 0 saturated carbocycles. The molecule has 1 heterocycles. The van der Waals surface area contributed by atoms with Gasteiger partial charge in [-0.3, -0.25) is 0 Å². The highest BCUT2D eigenvalue weighted by molar-refractivity contribution is 7.98. The molecule has 0 unspecified atom stereocenters. The van der Waals surface area contributed by atoms with Gasteiger partial charge in [-0.15, -0.1) is 0 Å². The van der Waals surface area contributed by atoms with Crippen LogP contribution in [-0.2, 0) is 11.4 Å². The summed E-state index contributed by atoms with van der Waals surface area (Å²) >= 11 is 1.39. The lowest BCUT2D eigenvalue weighted by molar-refractivity contribution is -0.376. The highest BCUT2D eigenvalue weighted by Gasteiger charge is 2.71. The van der Waals surface area contributed by atoms with Crippen molar-refractivity contribution < 1.29 is 31.4 Å². The second kappa shape index (κ2) is 5.28. The van der Waals surface area contributed by atoms with Crippen LogP contribution in [0.3, 0.4) is 0 Å². The zero-order valence-corrected chi connectivity index (χ0v) is 11.3. The van der Waals surface area contributed by atoms with Gasteiger partial charge in [0, 0.05) is 29.3 Å². The topological polar surface area (TPSA) is 32.3 Å². The molecule has 2 rings (SSSR count). The predicted octanol–water partition coefficient (Wildman–Crippen LogP) is 3.66. The Morgan fingerprint density at radius 3 is 2.24 bits per heavy atom. The number of anilines is 1. The van der Waals surface area contributed by atoms with E-state index in [1.54, 1.807) is 0 Å². The Balaban J connectivity index is 2.55. The third-order valence-corrected chi connectivity index (χ3v) is 4.17. The number of benzene rings is 1. The summed E-state index contributed by atoms with van der Waals surface area (Å²) in [6, 6.07) is 2.56. The standard InChI is InChI=1S/C12H11F6NOS/c13-11(14,15)10(20,12(16,17)18)8-1-2-9-7(5-8)6-21-4-3-19-9/h1-2,5,19-20H,3-4,6H2. The second-order valence-electron chi connectivity index (χ2n) is 4.56. The van der Waals surface area contributed by atoms with Gasteiger partial charge >= 0.3 is 12.4 Å². The molecule has 1 aliphatic rings. The molecular weight excluding hydrogens is 320 g/mol. The monoisotopic (exact) mass is 331 g/mol. The second-order valence-corrected chi connectivity index (χ2v) is 5.66. The summed E-state index contributed by atoms with van der Waals surface area (Å²) in [5.74, 6) is 0.967. The Morgan fingerprint density at radius 1 is 1.05 bits per heavy atom. The van der Waals surface area contributed by atoms with E-state index in [0.29, 0.717) is 29.6 Å². The van der Waals surface area contributed by atoms with Gasteiger partial charge in [0.05, 0.1) is 0 Å². The van der Waals surface area contributed by atoms with Crippen LogP contribution >= 0.6 is 11.8 Å². The van der Waals surface area contributed by atoms with Crippen molar-refractivity contribution in [2.75, 3.05) is 17.6 Å². The summed E-state index contributed by atoms with van der Waals surface area (Å²) in [6.45, 7) is 0.569. The van der Waals surface area contributed by atoms with Crippen LogP contribution in [0, 0.1) is 0 Å². The summed E-state index contributed by atoms with van der Waals surface area (Å²) in [5.41, 5.74) is -5.30. The molecule has 0 bridgehead atoms. The van der Waals surface area contributed by atoms with Crippen molar-refractivity contribution in [3.05, 3.63) is 29.3 Å². The minimum absolute atomic E-state index is 0.280. The molecule has 0 radical (unpaired) electrons. The lowest BCUT2D eigenvalue weighted by atomic mass is 9.90. The van der Waals surface area contributed by atoms with Crippen molar-refractivity contribution >= 4 is 17.4 Å². The molecule has 0 aliphatic carbocycles. The van der Waals surface area contributed by atoms with E-state index in [0.717, 1.165) is 12.1 Å². The number of nitrogens with one attached hydrogen (secondary N) is 1. The number of fused-ring (bicyclic) bond motifs is 1. The van der Waals surface area contributed by atoms with Crippen molar-refractivity contribution in [2.45, 2.75) is 23.7 Å². The first-order valence-electron chi connectivity index (χ1n) is 5.88. The van der Waals surface area contributed by atoms with Gasteiger partial charge in [0.25, 0.3) is 5.60 Å². The number of aliphatic hydroxyl groups is 1. The Morgan fingerprint density at radius 2 is 1.67 bits per heavy atom. The quantitative estimate of drug-likeness (QED) is 0.771. The zero-order valence-electron chi connectivity index (χ0n) is 10.5. The van der Waals surface area contributed by atoms with Gasteiger partial charge in [-0.1, -0.05) is 6.07 Å². The van der Waals surface area contributed by atoms with Gasteiger partial charge in [0.1, 0.15) is 0 Å². The molecule has 1 aromatic rings. The lowest BCUT2D eigenvalue weighted by Gasteiger charge is -2.33. The Kier molecular flexibility index (Phi) is 4.09. The first kappa shape index (κ1) is 16.3. The maximum absolute atomic E-state index is 12.8. The molecule has 1 aromatic carbocycles. The lowest BCUT2D eigenvalue weighted by Crippen LogP contribution is -2.53. The summed E-state index contributed by atoms with van der Waals surface area (Å²) in [5, 5.41) is 12.3. The van der Waals surface area contributed by atoms with E-state index in [2.05, 4.69) is 5.32 Å². The number of halogens is 6.